The van der Waals surface area contributed by atoms with Crippen LogP contribution in [0, 0.1) is 0 Å². The van der Waals surface area contributed by atoms with E-state index in [4.69, 9.17) is 4.52 Å². The summed E-state index contributed by atoms with van der Waals surface area (Å²) in [6, 6.07) is 18.5. The van der Waals surface area contributed by atoms with Gasteiger partial charge in [0.05, 0.1) is 6.54 Å². The van der Waals surface area contributed by atoms with Crippen molar-refractivity contribution in [2.75, 3.05) is 5.32 Å². The van der Waals surface area contributed by atoms with E-state index in [9.17, 15) is 8.78 Å². The van der Waals surface area contributed by atoms with Crippen molar-refractivity contribution >= 4 is 17.4 Å². The molecule has 0 unspecified atom stereocenters. The molecule has 0 bridgehead atoms. The van der Waals surface area contributed by atoms with Gasteiger partial charge < -0.3 is 9.84 Å². The molecule has 3 nitrogen and oxygen atoms in total. The Hall–Kier alpha value is -2.34. The number of alkyl halides is 2. The van der Waals surface area contributed by atoms with Crippen LogP contribution < -0.4 is 5.32 Å². The summed E-state index contributed by atoms with van der Waals surface area (Å²) in [6.07, 6.45) is 0. The highest BCUT2D eigenvalue weighted by atomic mass is 32.2. The fourth-order valence-electron chi connectivity index (χ4n) is 2.08. The number of hydrogen-bond donors (Lipinski definition) is 1. The highest BCUT2D eigenvalue weighted by Gasteiger charge is 2.07. The Balaban J connectivity index is 1.59. The molecule has 0 atom stereocenters. The second kappa shape index (κ2) is 7.28. The number of anilines is 1. The lowest BCUT2D eigenvalue weighted by Gasteiger charge is -2.05. The van der Waals surface area contributed by atoms with Crippen molar-refractivity contribution in [2.45, 2.75) is 17.2 Å². The molecule has 0 radical (unpaired) electrons. The number of hydrogen-bond acceptors (Lipinski definition) is 4. The van der Waals surface area contributed by atoms with Gasteiger partial charge >= 0.3 is 0 Å². The maximum absolute atomic E-state index is 12.3. The van der Waals surface area contributed by atoms with E-state index in [1.807, 2.05) is 36.4 Å². The number of rotatable bonds is 6. The van der Waals surface area contributed by atoms with E-state index in [0.717, 1.165) is 16.9 Å². The van der Waals surface area contributed by atoms with Crippen molar-refractivity contribution in [1.82, 2.24) is 5.16 Å². The van der Waals surface area contributed by atoms with Gasteiger partial charge in [0.2, 0.25) is 0 Å². The molecule has 3 rings (SSSR count). The van der Waals surface area contributed by atoms with Gasteiger partial charge in [-0.15, -0.1) is 0 Å². The van der Waals surface area contributed by atoms with Gasteiger partial charge in [0.25, 0.3) is 5.76 Å². The van der Waals surface area contributed by atoms with Crippen molar-refractivity contribution < 1.29 is 13.3 Å². The quantitative estimate of drug-likeness (QED) is 0.624. The fourth-order valence-corrected chi connectivity index (χ4v) is 2.58. The molecular weight excluding hydrogens is 318 g/mol. The summed E-state index contributed by atoms with van der Waals surface area (Å²) >= 11 is 0.533. The molecule has 0 amide bonds. The van der Waals surface area contributed by atoms with Crippen molar-refractivity contribution in [1.29, 1.82) is 0 Å². The smallest absolute Gasteiger partial charge is 0.288 e. The first-order chi connectivity index (χ1) is 11.2. The van der Waals surface area contributed by atoms with Crippen LogP contribution in [0.25, 0.3) is 11.3 Å². The molecule has 0 fully saturated rings. The van der Waals surface area contributed by atoms with Gasteiger partial charge in [-0.05, 0) is 24.3 Å². The van der Waals surface area contributed by atoms with Gasteiger partial charge in [-0.1, -0.05) is 47.3 Å². The lowest BCUT2D eigenvalue weighted by atomic mass is 10.1. The normalized spacial score (nSPS) is 10.9. The van der Waals surface area contributed by atoms with E-state index in [2.05, 4.69) is 10.5 Å². The van der Waals surface area contributed by atoms with Crippen LogP contribution in [0.15, 0.2) is 70.1 Å². The third-order valence-corrected chi connectivity index (χ3v) is 3.90. The highest BCUT2D eigenvalue weighted by molar-refractivity contribution is 7.99. The molecule has 1 heterocycles. The summed E-state index contributed by atoms with van der Waals surface area (Å²) in [5.41, 5.74) is 2.61. The van der Waals surface area contributed by atoms with Crippen LogP contribution in [0.4, 0.5) is 14.5 Å². The molecule has 6 heteroatoms. The van der Waals surface area contributed by atoms with Gasteiger partial charge in [-0.25, -0.2) is 0 Å². The van der Waals surface area contributed by atoms with E-state index in [-0.39, 0.29) is 0 Å². The molecule has 0 aliphatic carbocycles. The van der Waals surface area contributed by atoms with E-state index in [1.165, 1.54) is 0 Å². The summed E-state index contributed by atoms with van der Waals surface area (Å²) in [5.74, 6) is -1.70. The molecule has 3 aromatic rings. The summed E-state index contributed by atoms with van der Waals surface area (Å²) in [7, 11) is 0. The Morgan fingerprint density at radius 1 is 1.04 bits per heavy atom. The van der Waals surface area contributed by atoms with Crippen LogP contribution in [0.5, 0.6) is 0 Å². The Kier molecular flexibility index (Phi) is 4.92. The number of thioether (sulfide) groups is 1. The first-order valence-electron chi connectivity index (χ1n) is 7.00. The zero-order valence-electron chi connectivity index (χ0n) is 12.1. The maximum atomic E-state index is 12.3. The van der Waals surface area contributed by atoms with Crippen molar-refractivity contribution in [3.63, 3.8) is 0 Å². The van der Waals surface area contributed by atoms with E-state index in [1.54, 1.807) is 24.3 Å². The average Bonchev–Trinajstić information content (AvgIpc) is 3.04. The Bertz CT molecular complexity index is 745. The first kappa shape index (κ1) is 15.6. The van der Waals surface area contributed by atoms with Gasteiger partial charge in [-0.2, -0.15) is 8.78 Å². The monoisotopic (exact) mass is 332 g/mol. The predicted molar refractivity (Wildman–Crippen MR) is 87.6 cm³/mol. The second-order valence-electron chi connectivity index (χ2n) is 4.80. The molecule has 0 saturated carbocycles. The number of aromatic nitrogens is 1. The van der Waals surface area contributed by atoms with Crippen molar-refractivity contribution in [2.24, 2.45) is 0 Å². The third kappa shape index (κ3) is 4.32. The van der Waals surface area contributed by atoms with Crippen LogP contribution in [0.1, 0.15) is 5.76 Å². The molecule has 2 aromatic carbocycles. The van der Waals surface area contributed by atoms with Gasteiger partial charge in [-0.3, -0.25) is 0 Å². The average molecular weight is 332 g/mol. The minimum Gasteiger partial charge on any atom is -0.378 e. The van der Waals surface area contributed by atoms with Crippen LogP contribution in [-0.4, -0.2) is 10.9 Å². The fraction of sp³-hybridized carbons (Fsp3) is 0.118. The molecule has 1 N–H and O–H groups in total. The molecule has 0 aliphatic heterocycles. The largest absolute Gasteiger partial charge is 0.378 e. The number of benzene rings is 2. The molecular formula is C17H14F2N2OS. The van der Waals surface area contributed by atoms with E-state index >= 15 is 0 Å². The molecule has 0 aliphatic rings. The number of halogens is 2. The highest BCUT2D eigenvalue weighted by Crippen LogP contribution is 2.26. The third-order valence-electron chi connectivity index (χ3n) is 3.17. The zero-order valence-corrected chi connectivity index (χ0v) is 12.9. The van der Waals surface area contributed by atoms with Crippen LogP contribution in [0.3, 0.4) is 0 Å². The van der Waals surface area contributed by atoms with Crippen LogP contribution >= 0.6 is 11.8 Å². The summed E-state index contributed by atoms with van der Waals surface area (Å²) in [6.45, 7) is 0.473. The lowest BCUT2D eigenvalue weighted by molar-refractivity contribution is 0.252. The predicted octanol–water partition coefficient (Wildman–Crippen LogP) is 5.27. The summed E-state index contributed by atoms with van der Waals surface area (Å²) in [5, 5.41) is 7.22. The summed E-state index contributed by atoms with van der Waals surface area (Å²) < 4.78 is 29.8. The van der Waals surface area contributed by atoms with Gasteiger partial charge in [0, 0.05) is 22.2 Å². The topological polar surface area (TPSA) is 38.1 Å². The molecule has 23 heavy (non-hydrogen) atoms. The standard InChI is InChI=1S/C17H14F2N2OS/c18-17(19)23-15-8-6-13(7-9-15)20-11-14-10-16(21-22-14)12-4-2-1-3-5-12/h1-10,17,20H,11H2. The van der Waals surface area contributed by atoms with Crippen molar-refractivity contribution in [3.8, 4) is 11.3 Å². The molecule has 0 saturated heterocycles. The lowest BCUT2D eigenvalue weighted by Crippen LogP contribution is -1.97. The Labute approximate surface area is 136 Å². The van der Waals surface area contributed by atoms with Crippen molar-refractivity contribution in [3.05, 3.63) is 66.4 Å². The molecule has 0 spiro atoms. The molecule has 1 aromatic heterocycles. The first-order valence-corrected chi connectivity index (χ1v) is 7.88. The van der Waals surface area contributed by atoms with Crippen LogP contribution in [-0.2, 0) is 6.54 Å². The van der Waals surface area contributed by atoms with Crippen LogP contribution in [0.2, 0.25) is 0 Å². The number of nitrogens with one attached hydrogen (secondary N) is 1. The molecule has 118 valence electrons. The van der Waals surface area contributed by atoms with Gasteiger partial charge in [0.15, 0.2) is 5.76 Å². The van der Waals surface area contributed by atoms with E-state index in [0.29, 0.717) is 29.0 Å². The zero-order chi connectivity index (χ0) is 16.1. The maximum Gasteiger partial charge on any atom is 0.288 e. The Morgan fingerprint density at radius 3 is 2.48 bits per heavy atom. The van der Waals surface area contributed by atoms with E-state index < -0.39 is 5.76 Å². The minimum atomic E-state index is -2.40. The van der Waals surface area contributed by atoms with Gasteiger partial charge in [0.1, 0.15) is 5.69 Å². The Morgan fingerprint density at radius 2 is 1.78 bits per heavy atom. The minimum absolute atomic E-state index is 0.473. The summed E-state index contributed by atoms with van der Waals surface area (Å²) in [4.78, 5) is 0.538. The second-order valence-corrected chi connectivity index (χ2v) is 5.86. The SMILES string of the molecule is FC(F)Sc1ccc(NCc2cc(-c3ccccc3)no2)cc1. The number of nitrogens with zero attached hydrogens (tertiary/aromatic N) is 1.